The summed E-state index contributed by atoms with van der Waals surface area (Å²) in [6.07, 6.45) is 0. The number of anilines is 1. The molecule has 8 heteroatoms. The topological polar surface area (TPSA) is 111 Å². The van der Waals surface area contributed by atoms with Crippen molar-refractivity contribution in [1.82, 2.24) is 4.90 Å². The minimum Gasteiger partial charge on any atom is -0.383 e. The number of carbonyl (C=O) groups excluding carboxylic acids is 3. The second-order valence-electron chi connectivity index (χ2n) is 4.67. The molecule has 1 aromatic carbocycles. The molecule has 0 aliphatic carbocycles. The van der Waals surface area contributed by atoms with Crippen LogP contribution in [-0.4, -0.2) is 63.1 Å². The maximum atomic E-state index is 12.2. The predicted octanol–water partition coefficient (Wildman–Crippen LogP) is -0.155. The molecule has 0 atom stereocenters. The average Bonchev–Trinajstić information content (AvgIpc) is 2.55. The summed E-state index contributed by atoms with van der Waals surface area (Å²) >= 11 is 0. The van der Waals surface area contributed by atoms with Gasteiger partial charge in [0.2, 0.25) is 5.91 Å². The Labute approximate surface area is 134 Å². The molecule has 0 aromatic heterocycles. The van der Waals surface area contributed by atoms with Gasteiger partial charge in [-0.2, -0.15) is 0 Å². The minimum absolute atomic E-state index is 0.284. The van der Waals surface area contributed by atoms with Crippen LogP contribution < -0.4 is 11.1 Å². The number of rotatable bonds is 8. The van der Waals surface area contributed by atoms with E-state index in [0.29, 0.717) is 24.5 Å². The van der Waals surface area contributed by atoms with Gasteiger partial charge in [-0.3, -0.25) is 14.4 Å². The average molecular weight is 323 g/mol. The SMILES string of the molecule is COCCN(CCOC)C(=O)C(=O)Nc1ccc(C(N)=O)cc1. The summed E-state index contributed by atoms with van der Waals surface area (Å²) in [6, 6.07) is 5.94. The van der Waals surface area contributed by atoms with E-state index < -0.39 is 17.7 Å². The van der Waals surface area contributed by atoms with E-state index in [0.717, 1.165) is 0 Å². The smallest absolute Gasteiger partial charge is 0.313 e. The molecular weight excluding hydrogens is 302 g/mol. The van der Waals surface area contributed by atoms with Gasteiger partial charge in [0, 0.05) is 38.6 Å². The Morgan fingerprint density at radius 1 is 1.04 bits per heavy atom. The molecule has 0 fully saturated rings. The lowest BCUT2D eigenvalue weighted by Gasteiger charge is -2.21. The number of carbonyl (C=O) groups is 3. The molecule has 8 nitrogen and oxygen atoms in total. The van der Waals surface area contributed by atoms with E-state index in [2.05, 4.69) is 5.32 Å². The van der Waals surface area contributed by atoms with Crippen LogP contribution in [-0.2, 0) is 19.1 Å². The highest BCUT2D eigenvalue weighted by atomic mass is 16.5. The number of nitrogens with one attached hydrogen (secondary N) is 1. The first kappa shape index (κ1) is 18.6. The summed E-state index contributed by atoms with van der Waals surface area (Å²) in [7, 11) is 3.03. The van der Waals surface area contributed by atoms with Crippen molar-refractivity contribution in [3.05, 3.63) is 29.8 Å². The molecule has 0 saturated carbocycles. The monoisotopic (exact) mass is 323 g/mol. The van der Waals surface area contributed by atoms with Gasteiger partial charge in [-0.25, -0.2) is 0 Å². The van der Waals surface area contributed by atoms with Gasteiger partial charge in [-0.05, 0) is 24.3 Å². The summed E-state index contributed by atoms with van der Waals surface area (Å²) in [6.45, 7) is 1.20. The number of primary amides is 1. The molecule has 0 bridgehead atoms. The molecule has 0 aliphatic heterocycles. The number of ether oxygens (including phenoxy) is 2. The summed E-state index contributed by atoms with van der Waals surface area (Å²) in [4.78, 5) is 36.5. The Morgan fingerprint density at radius 2 is 1.57 bits per heavy atom. The van der Waals surface area contributed by atoms with Crippen molar-refractivity contribution in [3.8, 4) is 0 Å². The zero-order chi connectivity index (χ0) is 17.2. The number of amides is 3. The summed E-state index contributed by atoms with van der Waals surface area (Å²) in [5.41, 5.74) is 5.85. The molecule has 1 aromatic rings. The number of methoxy groups -OCH3 is 2. The Morgan fingerprint density at radius 3 is 2.00 bits per heavy atom. The molecule has 0 saturated heterocycles. The van der Waals surface area contributed by atoms with Gasteiger partial charge in [0.15, 0.2) is 0 Å². The highest BCUT2D eigenvalue weighted by Gasteiger charge is 2.21. The fourth-order valence-electron chi connectivity index (χ4n) is 1.76. The first-order valence-corrected chi connectivity index (χ1v) is 6.97. The van der Waals surface area contributed by atoms with E-state index in [1.165, 1.54) is 43.4 Å². The fourth-order valence-corrected chi connectivity index (χ4v) is 1.76. The number of nitrogens with two attached hydrogens (primary N) is 1. The Balaban J connectivity index is 2.68. The molecule has 23 heavy (non-hydrogen) atoms. The van der Waals surface area contributed by atoms with E-state index in [4.69, 9.17) is 15.2 Å². The third-order valence-electron chi connectivity index (χ3n) is 3.04. The maximum absolute atomic E-state index is 12.2. The van der Waals surface area contributed by atoms with E-state index in [9.17, 15) is 14.4 Å². The molecule has 3 amide bonds. The molecule has 126 valence electrons. The van der Waals surface area contributed by atoms with Crippen molar-refractivity contribution in [2.24, 2.45) is 5.73 Å². The largest absolute Gasteiger partial charge is 0.383 e. The molecular formula is C15H21N3O5. The van der Waals surface area contributed by atoms with Crippen LogP contribution in [0.3, 0.4) is 0 Å². The quantitative estimate of drug-likeness (QED) is 0.646. The van der Waals surface area contributed by atoms with Gasteiger partial charge in [0.1, 0.15) is 0 Å². The van der Waals surface area contributed by atoms with Gasteiger partial charge < -0.3 is 25.4 Å². The lowest BCUT2D eigenvalue weighted by Crippen LogP contribution is -2.43. The maximum Gasteiger partial charge on any atom is 0.313 e. The number of benzene rings is 1. The standard InChI is InChI=1S/C15H21N3O5/c1-22-9-7-18(8-10-23-2)15(21)14(20)17-12-5-3-11(4-6-12)13(16)19/h3-6H,7-10H2,1-2H3,(H2,16,19)(H,17,20). The second kappa shape index (κ2) is 9.54. The molecule has 0 heterocycles. The number of hydrogen-bond donors (Lipinski definition) is 2. The van der Waals surface area contributed by atoms with Crippen LogP contribution in [0.1, 0.15) is 10.4 Å². The van der Waals surface area contributed by atoms with Gasteiger partial charge in [-0.1, -0.05) is 0 Å². The second-order valence-corrected chi connectivity index (χ2v) is 4.67. The first-order chi connectivity index (χ1) is 11.0. The van der Waals surface area contributed by atoms with Gasteiger partial charge in [-0.15, -0.1) is 0 Å². The normalized spacial score (nSPS) is 10.2. The zero-order valence-electron chi connectivity index (χ0n) is 13.2. The summed E-state index contributed by atoms with van der Waals surface area (Å²) < 4.78 is 9.85. The van der Waals surface area contributed by atoms with Crippen LogP contribution in [0.5, 0.6) is 0 Å². The lowest BCUT2D eigenvalue weighted by atomic mass is 10.2. The van der Waals surface area contributed by atoms with Crippen LogP contribution in [0.25, 0.3) is 0 Å². The third-order valence-corrected chi connectivity index (χ3v) is 3.04. The van der Waals surface area contributed by atoms with Crippen molar-refractivity contribution in [2.45, 2.75) is 0 Å². The molecule has 0 spiro atoms. The highest BCUT2D eigenvalue weighted by molar-refractivity contribution is 6.39. The first-order valence-electron chi connectivity index (χ1n) is 6.97. The molecule has 3 N–H and O–H groups in total. The Bertz CT molecular complexity index is 537. The molecule has 0 radical (unpaired) electrons. The van der Waals surface area contributed by atoms with E-state index in [-0.39, 0.29) is 13.1 Å². The van der Waals surface area contributed by atoms with Crippen LogP contribution in [0.15, 0.2) is 24.3 Å². The minimum atomic E-state index is -0.774. The highest BCUT2D eigenvalue weighted by Crippen LogP contribution is 2.09. The number of hydrogen-bond acceptors (Lipinski definition) is 5. The van der Waals surface area contributed by atoms with Gasteiger partial charge in [0.05, 0.1) is 13.2 Å². The van der Waals surface area contributed by atoms with Gasteiger partial charge in [0.25, 0.3) is 0 Å². The van der Waals surface area contributed by atoms with Crippen molar-refractivity contribution in [2.75, 3.05) is 45.8 Å². The van der Waals surface area contributed by atoms with Crippen molar-refractivity contribution in [1.29, 1.82) is 0 Å². The van der Waals surface area contributed by atoms with Crippen molar-refractivity contribution >= 4 is 23.4 Å². The van der Waals surface area contributed by atoms with Crippen LogP contribution in [0.4, 0.5) is 5.69 Å². The van der Waals surface area contributed by atoms with E-state index in [1.807, 2.05) is 0 Å². The molecule has 0 unspecified atom stereocenters. The van der Waals surface area contributed by atoms with Crippen LogP contribution in [0, 0.1) is 0 Å². The van der Waals surface area contributed by atoms with Crippen LogP contribution in [0.2, 0.25) is 0 Å². The zero-order valence-corrected chi connectivity index (χ0v) is 13.2. The summed E-state index contributed by atoms with van der Waals surface area (Å²) in [5, 5.41) is 2.48. The third kappa shape index (κ3) is 6.05. The lowest BCUT2D eigenvalue weighted by molar-refractivity contribution is -0.144. The Kier molecular flexibility index (Phi) is 7.72. The van der Waals surface area contributed by atoms with Crippen LogP contribution >= 0.6 is 0 Å². The van der Waals surface area contributed by atoms with Crippen molar-refractivity contribution in [3.63, 3.8) is 0 Å². The van der Waals surface area contributed by atoms with E-state index >= 15 is 0 Å². The number of nitrogens with zero attached hydrogens (tertiary/aromatic N) is 1. The fraction of sp³-hybridized carbons (Fsp3) is 0.400. The van der Waals surface area contributed by atoms with Gasteiger partial charge >= 0.3 is 11.8 Å². The Hall–Kier alpha value is -2.45. The van der Waals surface area contributed by atoms with E-state index in [1.54, 1.807) is 0 Å². The van der Waals surface area contributed by atoms with Crippen molar-refractivity contribution < 1.29 is 23.9 Å². The molecule has 1 rings (SSSR count). The predicted molar refractivity (Wildman–Crippen MR) is 83.9 cm³/mol. The summed E-state index contributed by atoms with van der Waals surface area (Å²) in [5.74, 6) is -2.02. The molecule has 0 aliphatic rings.